The molecule has 4 rings (SSSR count). The lowest BCUT2D eigenvalue weighted by atomic mass is 9.89. The van der Waals surface area contributed by atoms with Gasteiger partial charge in [0.15, 0.2) is 0 Å². The van der Waals surface area contributed by atoms with Gasteiger partial charge in [0.2, 0.25) is 0 Å². The fourth-order valence-corrected chi connectivity index (χ4v) is 4.03. The van der Waals surface area contributed by atoms with Crippen LogP contribution in [0.15, 0.2) is 47.6 Å². The third-order valence-corrected chi connectivity index (χ3v) is 5.21. The molecule has 0 atom stereocenters. The molecule has 4 nitrogen and oxygen atoms in total. The fourth-order valence-electron chi connectivity index (χ4n) is 3.35. The number of rotatable bonds is 3. The van der Waals surface area contributed by atoms with Crippen LogP contribution < -0.4 is 0 Å². The number of fused-ring (bicyclic) bond motifs is 3. The molecular formula is C19H18N2O2S. The van der Waals surface area contributed by atoms with Gasteiger partial charge in [-0.15, -0.1) is 11.3 Å². The summed E-state index contributed by atoms with van der Waals surface area (Å²) in [4.78, 5) is 19.0. The van der Waals surface area contributed by atoms with E-state index in [1.807, 2.05) is 24.7 Å². The summed E-state index contributed by atoms with van der Waals surface area (Å²) in [6.45, 7) is 3.09. The fraction of sp³-hybridized carbons (Fsp3) is 0.263. The molecule has 0 fully saturated rings. The molecule has 122 valence electrons. The van der Waals surface area contributed by atoms with Gasteiger partial charge in [-0.2, -0.15) is 0 Å². The SMILES string of the molecule is CCOC(=O)C1=CN2CCc3ccccc3C2=C(c2nccs2)C1. The molecule has 2 aromatic rings. The number of benzene rings is 1. The highest BCUT2D eigenvalue weighted by molar-refractivity contribution is 7.10. The van der Waals surface area contributed by atoms with Gasteiger partial charge in [-0.1, -0.05) is 24.3 Å². The lowest BCUT2D eigenvalue weighted by Gasteiger charge is -2.36. The smallest absolute Gasteiger partial charge is 0.335 e. The molecule has 0 saturated carbocycles. The zero-order valence-corrected chi connectivity index (χ0v) is 14.3. The summed E-state index contributed by atoms with van der Waals surface area (Å²) in [6.07, 6.45) is 5.30. The minimum atomic E-state index is -0.232. The second kappa shape index (κ2) is 6.24. The number of aromatic nitrogens is 1. The highest BCUT2D eigenvalue weighted by Crippen LogP contribution is 2.42. The highest BCUT2D eigenvalue weighted by atomic mass is 32.1. The zero-order chi connectivity index (χ0) is 16.5. The number of esters is 1. The first kappa shape index (κ1) is 15.1. The van der Waals surface area contributed by atoms with Gasteiger partial charge >= 0.3 is 5.97 Å². The van der Waals surface area contributed by atoms with E-state index in [9.17, 15) is 4.79 Å². The molecule has 0 aliphatic carbocycles. The van der Waals surface area contributed by atoms with E-state index in [1.54, 1.807) is 11.3 Å². The molecule has 0 saturated heterocycles. The molecule has 0 amide bonds. The van der Waals surface area contributed by atoms with Crippen LogP contribution in [0.2, 0.25) is 0 Å². The lowest BCUT2D eigenvalue weighted by molar-refractivity contribution is -0.138. The van der Waals surface area contributed by atoms with Crippen LogP contribution in [0.3, 0.4) is 0 Å². The van der Waals surface area contributed by atoms with Crippen molar-refractivity contribution in [3.05, 3.63) is 63.7 Å². The monoisotopic (exact) mass is 338 g/mol. The molecule has 0 radical (unpaired) electrons. The molecule has 5 heteroatoms. The molecule has 0 unspecified atom stereocenters. The minimum absolute atomic E-state index is 0.232. The summed E-state index contributed by atoms with van der Waals surface area (Å²) in [5, 5.41) is 2.95. The van der Waals surface area contributed by atoms with Gasteiger partial charge in [-0.3, -0.25) is 0 Å². The second-order valence-electron chi connectivity index (χ2n) is 5.82. The number of hydrogen-bond acceptors (Lipinski definition) is 5. The van der Waals surface area contributed by atoms with Crippen LogP contribution in [0.4, 0.5) is 0 Å². The Bertz CT molecular complexity index is 837. The quantitative estimate of drug-likeness (QED) is 0.800. The molecule has 1 aromatic heterocycles. The van der Waals surface area contributed by atoms with Crippen LogP contribution >= 0.6 is 11.3 Å². The Morgan fingerprint density at radius 1 is 1.38 bits per heavy atom. The summed E-state index contributed by atoms with van der Waals surface area (Å²) in [5.41, 5.74) is 5.59. The van der Waals surface area contributed by atoms with Crippen LogP contribution in [0.25, 0.3) is 11.3 Å². The van der Waals surface area contributed by atoms with Gasteiger partial charge < -0.3 is 9.64 Å². The Kier molecular flexibility index (Phi) is 3.94. The molecule has 0 spiro atoms. The zero-order valence-electron chi connectivity index (χ0n) is 13.5. The number of hydrogen-bond donors (Lipinski definition) is 0. The molecule has 0 bridgehead atoms. The minimum Gasteiger partial charge on any atom is -0.463 e. The van der Waals surface area contributed by atoms with Crippen LogP contribution in [0.5, 0.6) is 0 Å². The number of ether oxygens (including phenoxy) is 1. The van der Waals surface area contributed by atoms with Crippen molar-refractivity contribution in [3.8, 4) is 0 Å². The molecular weight excluding hydrogens is 320 g/mol. The molecule has 24 heavy (non-hydrogen) atoms. The van der Waals surface area contributed by atoms with Crippen molar-refractivity contribution in [3.63, 3.8) is 0 Å². The van der Waals surface area contributed by atoms with Gasteiger partial charge in [-0.25, -0.2) is 9.78 Å². The first-order valence-corrected chi connectivity index (χ1v) is 9.01. The maximum absolute atomic E-state index is 12.3. The van der Waals surface area contributed by atoms with Crippen molar-refractivity contribution in [2.45, 2.75) is 19.8 Å². The van der Waals surface area contributed by atoms with E-state index >= 15 is 0 Å². The Morgan fingerprint density at radius 3 is 3.04 bits per heavy atom. The molecule has 2 aliphatic rings. The van der Waals surface area contributed by atoms with Gasteiger partial charge in [0, 0.05) is 41.9 Å². The van der Waals surface area contributed by atoms with E-state index in [0.717, 1.165) is 23.5 Å². The predicted octanol–water partition coefficient (Wildman–Crippen LogP) is 3.72. The molecule has 3 heterocycles. The first-order valence-electron chi connectivity index (χ1n) is 8.13. The van der Waals surface area contributed by atoms with E-state index in [1.165, 1.54) is 16.8 Å². The van der Waals surface area contributed by atoms with Crippen LogP contribution in [-0.4, -0.2) is 29.0 Å². The Hall–Kier alpha value is -2.40. The Labute approximate surface area is 145 Å². The largest absolute Gasteiger partial charge is 0.463 e. The van der Waals surface area contributed by atoms with E-state index in [4.69, 9.17) is 4.74 Å². The van der Waals surface area contributed by atoms with Crippen molar-refractivity contribution in [1.29, 1.82) is 0 Å². The topological polar surface area (TPSA) is 42.4 Å². The summed E-state index contributed by atoms with van der Waals surface area (Å²) < 4.78 is 5.22. The normalized spacial score (nSPS) is 16.4. The highest BCUT2D eigenvalue weighted by Gasteiger charge is 2.30. The Balaban J connectivity index is 1.84. The number of carbonyl (C=O) groups excluding carboxylic acids is 1. The van der Waals surface area contributed by atoms with Gasteiger partial charge in [0.05, 0.1) is 17.9 Å². The van der Waals surface area contributed by atoms with E-state index in [0.29, 0.717) is 18.6 Å². The number of thiazole rings is 1. The van der Waals surface area contributed by atoms with Crippen LogP contribution in [0, 0.1) is 0 Å². The maximum atomic E-state index is 12.3. The number of carbonyl (C=O) groups is 1. The summed E-state index contributed by atoms with van der Waals surface area (Å²) >= 11 is 1.61. The van der Waals surface area contributed by atoms with Crippen molar-refractivity contribution in [2.75, 3.05) is 13.2 Å². The predicted molar refractivity (Wildman–Crippen MR) is 95.1 cm³/mol. The number of nitrogens with zero attached hydrogens (tertiary/aromatic N) is 2. The molecule has 0 N–H and O–H groups in total. The van der Waals surface area contributed by atoms with Crippen molar-refractivity contribution in [2.24, 2.45) is 0 Å². The lowest BCUT2D eigenvalue weighted by Crippen LogP contribution is -2.30. The standard InChI is InChI=1S/C19H18N2O2S/c1-2-23-19(22)14-11-16(18-20-8-10-24-18)17-15-6-4-3-5-13(15)7-9-21(17)12-14/h3-6,8,10,12H,2,7,9,11H2,1H3. The molecule has 1 aromatic carbocycles. The van der Waals surface area contributed by atoms with E-state index in [2.05, 4.69) is 34.1 Å². The maximum Gasteiger partial charge on any atom is 0.335 e. The average molecular weight is 338 g/mol. The van der Waals surface area contributed by atoms with Crippen LogP contribution in [0.1, 0.15) is 29.5 Å². The third kappa shape index (κ3) is 2.55. The van der Waals surface area contributed by atoms with E-state index in [-0.39, 0.29) is 5.97 Å². The van der Waals surface area contributed by atoms with Crippen molar-refractivity contribution >= 4 is 28.6 Å². The first-order chi connectivity index (χ1) is 11.8. The second-order valence-corrected chi connectivity index (χ2v) is 6.71. The molecule has 2 aliphatic heterocycles. The average Bonchev–Trinajstić information content (AvgIpc) is 3.15. The van der Waals surface area contributed by atoms with Crippen molar-refractivity contribution < 1.29 is 9.53 Å². The van der Waals surface area contributed by atoms with E-state index < -0.39 is 0 Å². The summed E-state index contributed by atoms with van der Waals surface area (Å²) in [6, 6.07) is 8.50. The number of allylic oxidation sites excluding steroid dienone is 1. The van der Waals surface area contributed by atoms with Crippen LogP contribution in [-0.2, 0) is 16.0 Å². The van der Waals surface area contributed by atoms with Gasteiger partial charge in [0.1, 0.15) is 5.01 Å². The van der Waals surface area contributed by atoms with Gasteiger partial charge in [-0.05, 0) is 18.9 Å². The summed E-state index contributed by atoms with van der Waals surface area (Å²) in [5.74, 6) is -0.232. The summed E-state index contributed by atoms with van der Waals surface area (Å²) in [7, 11) is 0. The van der Waals surface area contributed by atoms with Gasteiger partial charge in [0.25, 0.3) is 0 Å². The third-order valence-electron chi connectivity index (χ3n) is 4.37. The van der Waals surface area contributed by atoms with Crippen molar-refractivity contribution in [1.82, 2.24) is 9.88 Å². The Morgan fingerprint density at radius 2 is 2.25 bits per heavy atom.